The van der Waals surface area contributed by atoms with Gasteiger partial charge in [0.1, 0.15) is 6.04 Å². The Labute approximate surface area is 109 Å². The van der Waals surface area contributed by atoms with Crippen LogP contribution in [0.5, 0.6) is 0 Å². The number of urea groups is 1. The molecule has 5 heteroatoms. The van der Waals surface area contributed by atoms with Crippen LogP contribution in [0.2, 0.25) is 0 Å². The van der Waals surface area contributed by atoms with Gasteiger partial charge in [-0.2, -0.15) is 0 Å². The van der Waals surface area contributed by atoms with Crippen LogP contribution < -0.4 is 10.6 Å². The first-order valence-electron chi connectivity index (χ1n) is 6.15. The highest BCUT2D eigenvalue weighted by molar-refractivity contribution is 5.83. The maximum absolute atomic E-state index is 11.8. The zero-order chi connectivity index (χ0) is 14.7. The molecule has 18 heavy (non-hydrogen) atoms. The van der Waals surface area contributed by atoms with E-state index in [9.17, 15) is 9.59 Å². The highest BCUT2D eigenvalue weighted by Crippen LogP contribution is 2.20. The summed E-state index contributed by atoms with van der Waals surface area (Å²) in [6.07, 6.45) is 0. The maximum atomic E-state index is 11.8. The van der Waals surface area contributed by atoms with E-state index in [0.29, 0.717) is 0 Å². The molecule has 3 N–H and O–H groups in total. The van der Waals surface area contributed by atoms with Crippen molar-refractivity contribution in [3.63, 3.8) is 0 Å². The predicted molar refractivity (Wildman–Crippen MR) is 71.5 cm³/mol. The summed E-state index contributed by atoms with van der Waals surface area (Å²) in [4.78, 5) is 22.9. The molecule has 0 spiro atoms. The Hall–Kier alpha value is -1.26. The molecule has 0 aromatic rings. The second kappa shape index (κ2) is 5.59. The Bertz CT molecular complexity index is 313. The summed E-state index contributed by atoms with van der Waals surface area (Å²) in [6.45, 7) is 13.3. The van der Waals surface area contributed by atoms with Crippen molar-refractivity contribution in [2.75, 3.05) is 0 Å². The van der Waals surface area contributed by atoms with Crippen molar-refractivity contribution < 1.29 is 14.7 Å². The van der Waals surface area contributed by atoms with Crippen LogP contribution in [0.25, 0.3) is 0 Å². The van der Waals surface area contributed by atoms with Crippen molar-refractivity contribution in [1.29, 1.82) is 0 Å². The summed E-state index contributed by atoms with van der Waals surface area (Å²) in [5.41, 5.74) is -0.605. The second-order valence-corrected chi connectivity index (χ2v) is 6.84. The highest BCUT2D eigenvalue weighted by atomic mass is 16.4. The molecule has 106 valence electrons. The number of carbonyl (C=O) groups is 2. The van der Waals surface area contributed by atoms with Gasteiger partial charge in [0.25, 0.3) is 0 Å². The third kappa shape index (κ3) is 5.38. The van der Waals surface area contributed by atoms with Gasteiger partial charge in [-0.25, -0.2) is 9.59 Å². The molecule has 0 saturated carbocycles. The third-order valence-corrected chi connectivity index (χ3v) is 3.04. The summed E-state index contributed by atoms with van der Waals surface area (Å²) < 4.78 is 0. The summed E-state index contributed by atoms with van der Waals surface area (Å²) in [5.74, 6) is -1.03. The molecule has 0 aromatic heterocycles. The molecule has 0 radical (unpaired) electrons. The molecule has 2 atom stereocenters. The summed E-state index contributed by atoms with van der Waals surface area (Å²) >= 11 is 0. The standard InChI is InChI=1S/C13H26N2O3/c1-8(12(2,3)4)14-11(18)15-9(10(16)17)13(5,6)7/h8-9H,1-7H3,(H,16,17)(H2,14,15,18)/t8?,9-/m0/s1. The van der Waals surface area contributed by atoms with Gasteiger partial charge < -0.3 is 15.7 Å². The smallest absolute Gasteiger partial charge is 0.326 e. The summed E-state index contributed by atoms with van der Waals surface area (Å²) in [7, 11) is 0. The van der Waals surface area contributed by atoms with Gasteiger partial charge in [0.05, 0.1) is 0 Å². The largest absolute Gasteiger partial charge is 0.480 e. The Morgan fingerprint density at radius 1 is 0.944 bits per heavy atom. The van der Waals surface area contributed by atoms with E-state index in [-0.39, 0.29) is 11.5 Å². The van der Waals surface area contributed by atoms with Crippen LogP contribution in [0.3, 0.4) is 0 Å². The first-order chi connectivity index (χ1) is 7.85. The van der Waals surface area contributed by atoms with Gasteiger partial charge in [-0.05, 0) is 17.8 Å². The molecule has 0 aliphatic carbocycles. The number of nitrogens with one attached hydrogen (secondary N) is 2. The molecule has 0 aromatic carbocycles. The number of hydrogen-bond donors (Lipinski definition) is 3. The van der Waals surface area contributed by atoms with Gasteiger partial charge in [-0.1, -0.05) is 41.5 Å². The summed E-state index contributed by atoms with van der Waals surface area (Å²) in [6, 6.07) is -1.41. The van der Waals surface area contributed by atoms with Crippen molar-refractivity contribution in [2.45, 2.75) is 60.5 Å². The lowest BCUT2D eigenvalue weighted by Gasteiger charge is -2.31. The van der Waals surface area contributed by atoms with E-state index in [4.69, 9.17) is 5.11 Å². The molecule has 0 fully saturated rings. The van der Waals surface area contributed by atoms with Crippen LogP contribution in [-0.4, -0.2) is 29.2 Å². The molecule has 0 heterocycles. The van der Waals surface area contributed by atoms with Gasteiger partial charge in [0, 0.05) is 6.04 Å². The Morgan fingerprint density at radius 3 is 1.67 bits per heavy atom. The van der Waals surface area contributed by atoms with Crippen LogP contribution in [0.1, 0.15) is 48.5 Å². The number of amides is 2. The van der Waals surface area contributed by atoms with E-state index in [2.05, 4.69) is 10.6 Å². The van der Waals surface area contributed by atoms with Crippen LogP contribution in [0.15, 0.2) is 0 Å². The van der Waals surface area contributed by atoms with E-state index in [0.717, 1.165) is 0 Å². The molecule has 2 amide bonds. The second-order valence-electron chi connectivity index (χ2n) is 6.84. The molecular formula is C13H26N2O3. The molecule has 5 nitrogen and oxygen atoms in total. The highest BCUT2D eigenvalue weighted by Gasteiger charge is 2.33. The Kier molecular flexibility index (Phi) is 5.20. The lowest BCUT2D eigenvalue weighted by Crippen LogP contribution is -2.55. The van der Waals surface area contributed by atoms with E-state index < -0.39 is 23.5 Å². The van der Waals surface area contributed by atoms with Gasteiger partial charge in [-0.15, -0.1) is 0 Å². The average Bonchev–Trinajstić information content (AvgIpc) is 2.10. The first kappa shape index (κ1) is 16.7. The fourth-order valence-corrected chi connectivity index (χ4v) is 1.23. The number of hydrogen-bond acceptors (Lipinski definition) is 2. The minimum atomic E-state index is -1.03. The van der Waals surface area contributed by atoms with Crippen LogP contribution in [-0.2, 0) is 4.79 Å². The summed E-state index contributed by atoms with van der Waals surface area (Å²) in [5, 5.41) is 14.4. The zero-order valence-electron chi connectivity index (χ0n) is 12.4. The zero-order valence-corrected chi connectivity index (χ0v) is 12.4. The van der Waals surface area contributed by atoms with Crippen LogP contribution in [0.4, 0.5) is 4.79 Å². The molecular weight excluding hydrogens is 232 g/mol. The van der Waals surface area contributed by atoms with E-state index in [1.807, 2.05) is 27.7 Å². The maximum Gasteiger partial charge on any atom is 0.326 e. The topological polar surface area (TPSA) is 78.4 Å². The fourth-order valence-electron chi connectivity index (χ4n) is 1.23. The number of rotatable bonds is 3. The quantitative estimate of drug-likeness (QED) is 0.726. The molecule has 0 aliphatic heterocycles. The van der Waals surface area contributed by atoms with E-state index in [1.165, 1.54) is 0 Å². The van der Waals surface area contributed by atoms with Crippen LogP contribution in [0, 0.1) is 10.8 Å². The molecule has 0 rings (SSSR count). The molecule has 0 bridgehead atoms. The number of carboxylic acids is 1. The fraction of sp³-hybridized carbons (Fsp3) is 0.846. The molecule has 0 saturated heterocycles. The lowest BCUT2D eigenvalue weighted by atomic mass is 9.86. The van der Waals surface area contributed by atoms with Crippen molar-refractivity contribution in [3.8, 4) is 0 Å². The number of aliphatic carboxylic acids is 1. The van der Waals surface area contributed by atoms with Gasteiger partial charge in [0.15, 0.2) is 0 Å². The van der Waals surface area contributed by atoms with Gasteiger partial charge >= 0.3 is 12.0 Å². The van der Waals surface area contributed by atoms with Crippen LogP contribution >= 0.6 is 0 Å². The monoisotopic (exact) mass is 258 g/mol. The number of carbonyl (C=O) groups excluding carboxylic acids is 1. The predicted octanol–water partition coefficient (Wildman–Crippen LogP) is 2.22. The number of carboxylic acid groups (broad SMARTS) is 1. The first-order valence-corrected chi connectivity index (χ1v) is 6.15. The lowest BCUT2D eigenvalue weighted by molar-refractivity contribution is -0.141. The normalized spacial score (nSPS) is 15.7. The molecule has 0 aliphatic rings. The third-order valence-electron chi connectivity index (χ3n) is 3.04. The van der Waals surface area contributed by atoms with Gasteiger partial charge in [-0.3, -0.25) is 0 Å². The Morgan fingerprint density at radius 2 is 1.39 bits per heavy atom. The minimum Gasteiger partial charge on any atom is -0.480 e. The average molecular weight is 258 g/mol. The Balaban J connectivity index is 4.60. The van der Waals surface area contributed by atoms with Crippen molar-refractivity contribution >= 4 is 12.0 Å². The molecule has 1 unspecified atom stereocenters. The van der Waals surface area contributed by atoms with Crippen molar-refractivity contribution in [1.82, 2.24) is 10.6 Å². The van der Waals surface area contributed by atoms with Crippen molar-refractivity contribution in [2.24, 2.45) is 10.8 Å². The minimum absolute atomic E-state index is 0.0492. The van der Waals surface area contributed by atoms with E-state index in [1.54, 1.807) is 20.8 Å². The SMILES string of the molecule is CC(NC(=O)N[C@@H](C(=O)O)C(C)(C)C)C(C)(C)C. The van der Waals surface area contributed by atoms with Gasteiger partial charge in [0.2, 0.25) is 0 Å². The van der Waals surface area contributed by atoms with Crippen molar-refractivity contribution in [3.05, 3.63) is 0 Å². The van der Waals surface area contributed by atoms with E-state index >= 15 is 0 Å².